The van der Waals surface area contributed by atoms with Gasteiger partial charge in [0.15, 0.2) is 0 Å². The monoisotopic (exact) mass is 144 g/mol. The molecule has 6 heteroatoms. The van der Waals surface area contributed by atoms with Crippen LogP contribution in [0.1, 0.15) is 0 Å². The summed E-state index contributed by atoms with van der Waals surface area (Å²) in [5.41, 5.74) is 0. The van der Waals surface area contributed by atoms with Crippen molar-refractivity contribution in [2.45, 2.75) is 6.29 Å². The number of hydrogen-bond donors (Lipinski definition) is 0. The van der Waals surface area contributed by atoms with Gasteiger partial charge in [0.1, 0.15) is 6.26 Å². The minimum Gasteiger partial charge on any atom is -0.303 e. The summed E-state index contributed by atoms with van der Waals surface area (Å²) in [6.45, 7) is 0. The molecule has 54 valence electrons. The minimum atomic E-state index is -1.87. The van der Waals surface area contributed by atoms with E-state index in [1.54, 1.807) is 0 Å². The molecule has 0 spiro atoms. The van der Waals surface area contributed by atoms with Crippen molar-refractivity contribution in [3.05, 3.63) is 12.3 Å². The van der Waals surface area contributed by atoms with Crippen molar-refractivity contribution in [3.8, 4) is 0 Å². The van der Waals surface area contributed by atoms with E-state index in [9.17, 15) is 13.6 Å². The highest BCUT2D eigenvalue weighted by molar-refractivity contribution is 4.75. The molecule has 0 amide bonds. The zero-order chi connectivity index (χ0) is 7.11. The predicted octanol–water partition coefficient (Wildman–Crippen LogP) is 1.53. The Morgan fingerprint density at radius 1 is 1.11 bits per heavy atom. The van der Waals surface area contributed by atoms with E-state index in [0.29, 0.717) is 12.3 Å². The molecule has 9 heavy (non-hydrogen) atoms. The van der Waals surface area contributed by atoms with Crippen LogP contribution in [0.25, 0.3) is 0 Å². The van der Waals surface area contributed by atoms with Crippen LogP contribution in [0, 0.1) is 0 Å². The largest absolute Gasteiger partial charge is 0.303 e. The molecule has 0 unspecified atom stereocenters. The molecule has 0 saturated heterocycles. The van der Waals surface area contributed by atoms with E-state index < -0.39 is 6.29 Å². The highest BCUT2D eigenvalue weighted by Crippen LogP contribution is 1.97. The van der Waals surface area contributed by atoms with Crippen molar-refractivity contribution >= 4 is 0 Å². The first-order chi connectivity index (χ1) is 4.35. The molecule has 3 nitrogen and oxygen atoms in total. The van der Waals surface area contributed by atoms with Gasteiger partial charge in [-0.2, -0.15) is 9.88 Å². The number of halogens is 3. The van der Waals surface area contributed by atoms with Gasteiger partial charge in [-0.05, 0) is 9.05 Å². The lowest BCUT2D eigenvalue weighted by Crippen LogP contribution is -2.03. The van der Waals surface area contributed by atoms with Gasteiger partial charge in [-0.3, -0.25) is 0 Å². The van der Waals surface area contributed by atoms with Gasteiger partial charge >= 0.3 is 0 Å². The third-order valence-electron chi connectivity index (χ3n) is 0.463. The summed E-state index contributed by atoms with van der Waals surface area (Å²) < 4.78 is 32.5. The highest BCUT2D eigenvalue weighted by atomic mass is 19.3. The molecule has 0 N–H and O–H groups in total. The summed E-state index contributed by atoms with van der Waals surface area (Å²) in [7, 11) is 0. The number of hydrogen-bond acceptors (Lipinski definition) is 3. The topological polar surface area (TPSA) is 27.7 Å². The first-order valence-corrected chi connectivity index (χ1v) is 1.84. The molecule has 0 fully saturated rings. The van der Waals surface area contributed by atoms with Gasteiger partial charge < -0.3 is 4.94 Å². The molecule has 0 aromatic rings. The van der Waals surface area contributed by atoms with Gasteiger partial charge in [0.25, 0.3) is 6.29 Å². The molecule has 0 aliphatic rings. The van der Waals surface area contributed by atoms with E-state index >= 15 is 0 Å². The summed E-state index contributed by atoms with van der Waals surface area (Å²) in [5, 5.41) is 0. The lowest BCUT2D eigenvalue weighted by atomic mass is 10.6. The average Bonchev–Trinajstić information content (AvgIpc) is 1.91. The quantitative estimate of drug-likeness (QED) is 0.442. The van der Waals surface area contributed by atoms with Crippen LogP contribution >= 0.6 is 0 Å². The van der Waals surface area contributed by atoms with Crippen LogP contribution in [0.15, 0.2) is 12.3 Å². The second-order valence-electron chi connectivity index (χ2n) is 0.964. The van der Waals surface area contributed by atoms with Crippen molar-refractivity contribution in [1.29, 1.82) is 0 Å². The van der Waals surface area contributed by atoms with Crippen LogP contribution in [0.3, 0.4) is 0 Å². The minimum absolute atomic E-state index is 0.365. The Morgan fingerprint density at radius 3 is 2.00 bits per heavy atom. The fourth-order valence-corrected chi connectivity index (χ4v) is 0.167. The Labute approximate surface area is 48.3 Å². The molecule has 0 atom stereocenters. The van der Waals surface area contributed by atoms with Gasteiger partial charge in [0, 0.05) is 10.6 Å². The molecular weight excluding hydrogens is 141 g/mol. The van der Waals surface area contributed by atoms with E-state index in [1.807, 2.05) is 0 Å². The maximum Gasteiger partial charge on any atom is 0.256 e. The van der Waals surface area contributed by atoms with E-state index in [2.05, 4.69) is 14.8 Å². The van der Waals surface area contributed by atoms with E-state index in [0.717, 1.165) is 0 Å². The van der Waals surface area contributed by atoms with E-state index in [4.69, 9.17) is 0 Å². The van der Waals surface area contributed by atoms with Crippen molar-refractivity contribution in [2.75, 3.05) is 0 Å². The molecule has 0 saturated carbocycles. The number of rotatable bonds is 4. The van der Waals surface area contributed by atoms with Crippen molar-refractivity contribution in [3.63, 3.8) is 0 Å². The van der Waals surface area contributed by atoms with Crippen LogP contribution < -0.4 is 0 Å². The van der Waals surface area contributed by atoms with Crippen LogP contribution in [0.2, 0.25) is 0 Å². The molecule has 0 radical (unpaired) electrons. The second kappa shape index (κ2) is 5.39. The van der Waals surface area contributed by atoms with Crippen molar-refractivity contribution in [1.82, 2.24) is 0 Å². The fraction of sp³-hybridized carbons (Fsp3) is 0.333. The molecule has 0 rings (SSSR count). The van der Waals surface area contributed by atoms with Crippen LogP contribution in [-0.2, 0) is 14.8 Å². The third kappa shape index (κ3) is 3.80. The van der Waals surface area contributed by atoms with Crippen LogP contribution in [0.5, 0.6) is 0 Å². The smallest absolute Gasteiger partial charge is 0.256 e. The van der Waals surface area contributed by atoms with Crippen LogP contribution in [0.4, 0.5) is 13.6 Å². The zero-order valence-corrected chi connectivity index (χ0v) is 4.09. The van der Waals surface area contributed by atoms with Gasteiger partial charge in [-0.15, -0.1) is 0 Å². The maximum atomic E-state index is 10.9. The second-order valence-corrected chi connectivity index (χ2v) is 0.964. The predicted molar refractivity (Wildman–Crippen MR) is 19.5 cm³/mol. The summed E-state index contributed by atoms with van der Waals surface area (Å²) in [4.78, 5) is 8.34. The molecular formula is C3H3F3O3. The molecule has 0 aliphatic heterocycles. The van der Waals surface area contributed by atoms with E-state index in [1.165, 1.54) is 0 Å². The Bertz CT molecular complexity index is 82.4. The molecule has 0 aromatic carbocycles. The lowest BCUT2D eigenvalue weighted by molar-refractivity contribution is -0.328. The molecule has 0 aliphatic carbocycles. The Balaban J connectivity index is 3.41. The SMILES string of the molecule is FO/C=C/C(OF)OF. The van der Waals surface area contributed by atoms with Gasteiger partial charge in [-0.1, -0.05) is 0 Å². The average molecular weight is 144 g/mol. The van der Waals surface area contributed by atoms with Gasteiger partial charge in [0.2, 0.25) is 0 Å². The molecule has 0 aromatic heterocycles. The van der Waals surface area contributed by atoms with Crippen LogP contribution in [-0.4, -0.2) is 6.29 Å². The standard InChI is InChI=1S/C3H3F3O3/c4-7-2-1-3(8-5)9-6/h1-3H/b2-1+. The van der Waals surface area contributed by atoms with Gasteiger partial charge in [-0.25, -0.2) is 0 Å². The third-order valence-corrected chi connectivity index (χ3v) is 0.463. The summed E-state index contributed by atoms with van der Waals surface area (Å²) in [6.07, 6.45) is -0.968. The molecule has 0 heterocycles. The van der Waals surface area contributed by atoms with Crippen molar-refractivity contribution in [2.24, 2.45) is 0 Å². The summed E-state index contributed by atoms with van der Waals surface area (Å²) in [6, 6.07) is 0. The Hall–Kier alpha value is -0.750. The van der Waals surface area contributed by atoms with Gasteiger partial charge in [0.05, 0.1) is 0 Å². The first-order valence-electron chi connectivity index (χ1n) is 1.84. The first kappa shape index (κ1) is 8.25. The lowest BCUT2D eigenvalue weighted by Gasteiger charge is -1.95. The van der Waals surface area contributed by atoms with Crippen molar-refractivity contribution < 1.29 is 28.4 Å². The van der Waals surface area contributed by atoms with E-state index in [-0.39, 0.29) is 0 Å². The zero-order valence-electron chi connectivity index (χ0n) is 4.09. The summed E-state index contributed by atoms with van der Waals surface area (Å²) in [5.74, 6) is 0. The Kier molecular flexibility index (Phi) is 4.94. The maximum absolute atomic E-state index is 10.9. The normalized spacial score (nSPS) is 11.1. The Morgan fingerprint density at radius 2 is 1.67 bits per heavy atom. The summed E-state index contributed by atoms with van der Waals surface area (Å²) >= 11 is 0. The highest BCUT2D eigenvalue weighted by Gasteiger charge is 2.04. The molecule has 0 bridgehead atoms. The fourth-order valence-electron chi connectivity index (χ4n) is 0.167.